The topological polar surface area (TPSA) is 33.1 Å². The van der Waals surface area contributed by atoms with Crippen LogP contribution in [0.15, 0.2) is 18.3 Å². The quantitative estimate of drug-likeness (QED) is 0.799. The lowest BCUT2D eigenvalue weighted by atomic mass is 10.1. The zero-order valence-electron chi connectivity index (χ0n) is 7.54. The highest BCUT2D eigenvalue weighted by Gasteiger charge is 2.38. The zero-order valence-corrected chi connectivity index (χ0v) is 7.54. The van der Waals surface area contributed by atoms with Crippen molar-refractivity contribution < 1.29 is 18.3 Å². The molecular formula is C9H10F3NO. The van der Waals surface area contributed by atoms with Gasteiger partial charge in [0.1, 0.15) is 0 Å². The molecule has 0 radical (unpaired) electrons. The van der Waals surface area contributed by atoms with Gasteiger partial charge in [-0.25, -0.2) is 0 Å². The number of aliphatic hydroxyl groups excluding tert-OH is 1. The normalized spacial score (nSPS) is 14.1. The summed E-state index contributed by atoms with van der Waals surface area (Å²) in [5.41, 5.74) is 0.924. The lowest BCUT2D eigenvalue weighted by molar-refractivity contribution is -0.203. The maximum Gasteiger partial charge on any atom is 0.414 e. The highest BCUT2D eigenvalue weighted by atomic mass is 19.4. The van der Waals surface area contributed by atoms with E-state index in [2.05, 4.69) is 4.98 Å². The first kappa shape index (κ1) is 11.0. The van der Waals surface area contributed by atoms with Gasteiger partial charge < -0.3 is 5.11 Å². The second-order valence-electron chi connectivity index (χ2n) is 3.03. The lowest BCUT2D eigenvalue weighted by Crippen LogP contribution is -2.31. The molecule has 0 aliphatic rings. The fourth-order valence-electron chi connectivity index (χ4n) is 1.03. The number of nitrogens with zero attached hydrogens (tertiary/aromatic N) is 1. The third kappa shape index (κ3) is 2.70. The van der Waals surface area contributed by atoms with Crippen molar-refractivity contribution in [1.29, 1.82) is 0 Å². The van der Waals surface area contributed by atoms with Crippen LogP contribution in [-0.4, -0.2) is 22.4 Å². The maximum absolute atomic E-state index is 12.0. The largest absolute Gasteiger partial charge is 0.414 e. The van der Waals surface area contributed by atoms with E-state index in [0.717, 1.165) is 0 Å². The number of hydrogen-bond acceptors (Lipinski definition) is 2. The number of aliphatic hydroxyl groups is 1. The summed E-state index contributed by atoms with van der Waals surface area (Å²) in [7, 11) is 0. The molecule has 0 fully saturated rings. The SMILES string of the molecule is Cc1cccnc1CC(O)C(F)(F)F. The highest BCUT2D eigenvalue weighted by Crippen LogP contribution is 2.23. The zero-order chi connectivity index (χ0) is 10.8. The van der Waals surface area contributed by atoms with Gasteiger partial charge in [0.2, 0.25) is 0 Å². The second-order valence-corrected chi connectivity index (χ2v) is 3.03. The molecule has 1 N–H and O–H groups in total. The summed E-state index contributed by atoms with van der Waals surface area (Å²) in [5.74, 6) is 0. The van der Waals surface area contributed by atoms with E-state index < -0.39 is 18.7 Å². The van der Waals surface area contributed by atoms with Gasteiger partial charge in [0, 0.05) is 18.3 Å². The van der Waals surface area contributed by atoms with E-state index in [-0.39, 0.29) is 5.69 Å². The van der Waals surface area contributed by atoms with Crippen LogP contribution in [-0.2, 0) is 6.42 Å². The minimum Gasteiger partial charge on any atom is -0.383 e. The Bertz CT molecular complexity index is 311. The molecule has 1 rings (SSSR count). The summed E-state index contributed by atoms with van der Waals surface area (Å²) in [4.78, 5) is 3.77. The molecule has 1 aromatic heterocycles. The molecule has 1 unspecified atom stereocenters. The second kappa shape index (κ2) is 3.96. The molecule has 5 heteroatoms. The standard InChI is InChI=1S/C9H10F3NO/c1-6-3-2-4-13-7(6)5-8(14)9(10,11)12/h2-4,8,14H,5H2,1H3. The van der Waals surface area contributed by atoms with Crippen molar-refractivity contribution in [3.63, 3.8) is 0 Å². The number of rotatable bonds is 2. The first-order valence-electron chi connectivity index (χ1n) is 4.06. The third-order valence-corrected chi connectivity index (χ3v) is 1.88. The smallest absolute Gasteiger partial charge is 0.383 e. The van der Waals surface area contributed by atoms with E-state index in [9.17, 15) is 13.2 Å². The highest BCUT2D eigenvalue weighted by molar-refractivity contribution is 5.18. The Morgan fingerprint density at radius 1 is 1.50 bits per heavy atom. The summed E-state index contributed by atoms with van der Waals surface area (Å²) < 4.78 is 36.0. The number of hydrogen-bond donors (Lipinski definition) is 1. The van der Waals surface area contributed by atoms with Gasteiger partial charge in [-0.2, -0.15) is 13.2 Å². The molecule has 0 saturated carbocycles. The van der Waals surface area contributed by atoms with Gasteiger partial charge in [-0.15, -0.1) is 0 Å². The van der Waals surface area contributed by atoms with Crippen molar-refractivity contribution in [2.24, 2.45) is 0 Å². The molecule has 0 bridgehead atoms. The van der Waals surface area contributed by atoms with Crippen molar-refractivity contribution in [2.75, 3.05) is 0 Å². The number of aryl methyl sites for hydroxylation is 1. The van der Waals surface area contributed by atoms with Gasteiger partial charge in [-0.1, -0.05) is 6.07 Å². The molecule has 0 spiro atoms. The average molecular weight is 205 g/mol. The van der Waals surface area contributed by atoms with Crippen LogP contribution < -0.4 is 0 Å². The van der Waals surface area contributed by atoms with Crippen molar-refractivity contribution in [3.05, 3.63) is 29.6 Å². The molecule has 78 valence electrons. The monoisotopic (exact) mass is 205 g/mol. The van der Waals surface area contributed by atoms with E-state index in [1.165, 1.54) is 6.20 Å². The Kier molecular flexibility index (Phi) is 3.10. The Morgan fingerprint density at radius 2 is 2.14 bits per heavy atom. The van der Waals surface area contributed by atoms with Crippen LogP contribution >= 0.6 is 0 Å². The van der Waals surface area contributed by atoms with E-state index in [1.807, 2.05) is 0 Å². The lowest BCUT2D eigenvalue weighted by Gasteiger charge is -2.14. The van der Waals surface area contributed by atoms with Crippen LogP contribution in [0.2, 0.25) is 0 Å². The van der Waals surface area contributed by atoms with E-state index >= 15 is 0 Å². The fraction of sp³-hybridized carbons (Fsp3) is 0.444. The Balaban J connectivity index is 2.75. The maximum atomic E-state index is 12.0. The average Bonchev–Trinajstić information content (AvgIpc) is 2.07. The molecule has 2 nitrogen and oxygen atoms in total. The molecule has 1 heterocycles. The van der Waals surface area contributed by atoms with Gasteiger partial charge in [-0.05, 0) is 18.6 Å². The molecule has 0 aliphatic heterocycles. The number of halogens is 3. The van der Waals surface area contributed by atoms with Crippen LogP contribution in [0.25, 0.3) is 0 Å². The molecule has 0 amide bonds. The van der Waals surface area contributed by atoms with Gasteiger partial charge in [-0.3, -0.25) is 4.98 Å². The summed E-state index contributed by atoms with van der Waals surface area (Å²) >= 11 is 0. The first-order chi connectivity index (χ1) is 6.41. The molecular weight excluding hydrogens is 195 g/mol. The van der Waals surface area contributed by atoms with E-state index in [1.54, 1.807) is 19.1 Å². The van der Waals surface area contributed by atoms with Crippen LogP contribution in [0.4, 0.5) is 13.2 Å². The molecule has 1 aromatic rings. The Labute approximate surface area is 79.4 Å². The van der Waals surface area contributed by atoms with Crippen LogP contribution in [0.1, 0.15) is 11.3 Å². The minimum absolute atomic E-state index is 0.275. The van der Waals surface area contributed by atoms with Crippen molar-refractivity contribution in [1.82, 2.24) is 4.98 Å². The Hall–Kier alpha value is -1.10. The molecule has 14 heavy (non-hydrogen) atoms. The molecule has 0 aromatic carbocycles. The van der Waals surface area contributed by atoms with Crippen LogP contribution in [0.5, 0.6) is 0 Å². The van der Waals surface area contributed by atoms with E-state index in [4.69, 9.17) is 5.11 Å². The predicted octanol–water partition coefficient (Wildman–Crippen LogP) is 1.86. The number of aromatic nitrogens is 1. The third-order valence-electron chi connectivity index (χ3n) is 1.88. The Morgan fingerprint density at radius 3 is 2.64 bits per heavy atom. The van der Waals surface area contributed by atoms with Gasteiger partial charge >= 0.3 is 6.18 Å². The van der Waals surface area contributed by atoms with Gasteiger partial charge in [0.05, 0.1) is 0 Å². The predicted molar refractivity (Wildman–Crippen MR) is 44.7 cm³/mol. The summed E-state index contributed by atoms with van der Waals surface area (Å²) in [6, 6.07) is 3.30. The summed E-state index contributed by atoms with van der Waals surface area (Å²) in [6.45, 7) is 1.66. The number of pyridine rings is 1. The van der Waals surface area contributed by atoms with Crippen LogP contribution in [0.3, 0.4) is 0 Å². The van der Waals surface area contributed by atoms with Gasteiger partial charge in [0.15, 0.2) is 6.10 Å². The van der Waals surface area contributed by atoms with Crippen molar-refractivity contribution in [2.45, 2.75) is 25.6 Å². The molecule has 0 aliphatic carbocycles. The summed E-state index contributed by atoms with van der Waals surface area (Å²) in [5, 5.41) is 8.80. The summed E-state index contributed by atoms with van der Waals surface area (Å²) in [6.07, 6.45) is -6.00. The van der Waals surface area contributed by atoms with Gasteiger partial charge in [0.25, 0.3) is 0 Å². The molecule has 0 saturated heterocycles. The first-order valence-corrected chi connectivity index (χ1v) is 4.06. The van der Waals surface area contributed by atoms with Crippen LogP contribution in [0, 0.1) is 6.92 Å². The van der Waals surface area contributed by atoms with Crippen molar-refractivity contribution >= 4 is 0 Å². The fourth-order valence-corrected chi connectivity index (χ4v) is 1.03. The molecule has 1 atom stereocenters. The van der Waals surface area contributed by atoms with Crippen molar-refractivity contribution in [3.8, 4) is 0 Å². The number of alkyl halides is 3. The minimum atomic E-state index is -4.58. The van der Waals surface area contributed by atoms with E-state index in [0.29, 0.717) is 5.56 Å².